The number of fused-ring (bicyclic) bond motifs is 3. The number of aromatic nitrogens is 5. The Bertz CT molecular complexity index is 2000. The quantitative estimate of drug-likeness (QED) is 0.147. The maximum Gasteiger partial charge on any atom is 0.192 e. The third-order valence-corrected chi connectivity index (χ3v) is 7.30. The normalized spacial score (nSPS) is 11.8. The first-order valence-electron chi connectivity index (χ1n) is 13.9. The monoisotopic (exact) mass is 548 g/mol. The molecule has 0 fully saturated rings. The van der Waals surface area contributed by atoms with Gasteiger partial charge < -0.3 is 9.40 Å². The summed E-state index contributed by atoms with van der Waals surface area (Å²) in [6.45, 7) is 2.73. The Kier molecular flexibility index (Phi) is 6.74. The lowest BCUT2D eigenvalue weighted by Gasteiger charge is -2.13. The summed E-state index contributed by atoms with van der Waals surface area (Å²) in [5.74, 6) is 0.532. The summed E-state index contributed by atoms with van der Waals surface area (Å²) in [5.41, 5.74) is 8.92. The number of nitrogens with zero attached hydrogens (tertiary/aromatic N) is 6. The van der Waals surface area contributed by atoms with E-state index in [4.69, 9.17) is 19.9 Å². The molecule has 4 aromatic carbocycles. The number of oxime groups is 1. The summed E-state index contributed by atoms with van der Waals surface area (Å²) in [7, 11) is 0. The van der Waals surface area contributed by atoms with E-state index < -0.39 is 0 Å². The molecule has 7 nitrogen and oxygen atoms in total. The molecular weight excluding hydrogens is 520 g/mol. The molecule has 0 spiro atoms. The van der Waals surface area contributed by atoms with E-state index in [1.165, 1.54) is 5.56 Å². The van der Waals surface area contributed by atoms with Crippen LogP contribution in [0.5, 0.6) is 0 Å². The van der Waals surface area contributed by atoms with Crippen LogP contribution in [0.2, 0.25) is 0 Å². The van der Waals surface area contributed by atoms with Crippen LogP contribution in [0.4, 0.5) is 0 Å². The predicted octanol–water partition coefficient (Wildman–Crippen LogP) is 7.40. The average molecular weight is 549 g/mol. The molecule has 7 heteroatoms. The summed E-state index contributed by atoms with van der Waals surface area (Å²) in [6.07, 6.45) is 1.73. The highest BCUT2D eigenvalue weighted by atomic mass is 16.6. The van der Waals surface area contributed by atoms with E-state index >= 15 is 0 Å². The minimum absolute atomic E-state index is 0.143. The van der Waals surface area contributed by atoms with Crippen LogP contribution in [-0.2, 0) is 18.0 Å². The van der Waals surface area contributed by atoms with Crippen molar-refractivity contribution in [3.63, 3.8) is 0 Å². The molecule has 0 aliphatic carbocycles. The zero-order valence-electron chi connectivity index (χ0n) is 23.1. The summed E-state index contributed by atoms with van der Waals surface area (Å²) < 4.78 is 4.03. The van der Waals surface area contributed by atoms with Gasteiger partial charge in [0.1, 0.15) is 12.0 Å². The first kappa shape index (κ1) is 25.4. The lowest BCUT2D eigenvalue weighted by atomic mass is 9.99. The van der Waals surface area contributed by atoms with Crippen LogP contribution in [0.15, 0.2) is 133 Å². The van der Waals surface area contributed by atoms with Crippen LogP contribution >= 0.6 is 0 Å². The topological polar surface area (TPSA) is 69.6 Å². The summed E-state index contributed by atoms with van der Waals surface area (Å²) in [4.78, 5) is 15.6. The van der Waals surface area contributed by atoms with Gasteiger partial charge in [-0.1, -0.05) is 126 Å². The SMILES string of the molecule is CC(=NOCc1nc2c3c(-c4ccccc4)c(-c4ccccc4)n(Cc4ccccc4)c3ncn2n1)c1ccccc1. The number of hydrogen-bond acceptors (Lipinski definition) is 5. The highest BCUT2D eigenvalue weighted by molar-refractivity contribution is 6.09. The maximum absolute atomic E-state index is 5.69. The van der Waals surface area contributed by atoms with Crippen LogP contribution in [0.1, 0.15) is 23.9 Å². The van der Waals surface area contributed by atoms with Crippen LogP contribution in [-0.4, -0.2) is 29.9 Å². The molecule has 0 bridgehead atoms. The van der Waals surface area contributed by atoms with Crippen molar-refractivity contribution in [2.75, 3.05) is 0 Å². The highest BCUT2D eigenvalue weighted by Crippen LogP contribution is 2.42. The van der Waals surface area contributed by atoms with Gasteiger partial charge in [-0.2, -0.15) is 0 Å². The molecule has 0 radical (unpaired) electrons. The third kappa shape index (κ3) is 4.81. The van der Waals surface area contributed by atoms with Crippen molar-refractivity contribution in [2.45, 2.75) is 20.1 Å². The van der Waals surface area contributed by atoms with Gasteiger partial charge in [-0.05, 0) is 29.2 Å². The molecule has 0 saturated heterocycles. The van der Waals surface area contributed by atoms with Crippen molar-refractivity contribution in [3.05, 3.63) is 145 Å². The van der Waals surface area contributed by atoms with Gasteiger partial charge in [0, 0.05) is 12.1 Å². The van der Waals surface area contributed by atoms with Gasteiger partial charge >= 0.3 is 0 Å². The van der Waals surface area contributed by atoms with Gasteiger partial charge in [-0.25, -0.2) is 14.5 Å². The standard InChI is InChI=1S/C35H28N6O/c1-25(27-16-8-3-9-17-27)39-42-23-30-37-35-32-31(28-18-10-4-11-19-28)33(29-20-12-5-13-21-29)40(22-26-14-6-2-7-15-26)34(32)36-24-41(35)38-30/h2-21,24H,22-23H2,1H3. The van der Waals surface area contributed by atoms with Crippen molar-refractivity contribution in [2.24, 2.45) is 5.16 Å². The van der Waals surface area contributed by atoms with E-state index in [1.807, 2.05) is 55.5 Å². The van der Waals surface area contributed by atoms with E-state index in [0.29, 0.717) is 12.4 Å². The van der Waals surface area contributed by atoms with Crippen molar-refractivity contribution in [1.29, 1.82) is 0 Å². The Balaban J connectivity index is 1.40. The molecule has 0 saturated carbocycles. The van der Waals surface area contributed by atoms with Crippen LogP contribution in [0.3, 0.4) is 0 Å². The second-order valence-corrected chi connectivity index (χ2v) is 10.1. The number of rotatable bonds is 8. The predicted molar refractivity (Wildman–Crippen MR) is 166 cm³/mol. The van der Waals surface area contributed by atoms with Crippen molar-refractivity contribution >= 4 is 22.4 Å². The van der Waals surface area contributed by atoms with Gasteiger partial charge in [-0.3, -0.25) is 0 Å². The lowest BCUT2D eigenvalue weighted by Crippen LogP contribution is -2.03. The van der Waals surface area contributed by atoms with E-state index in [-0.39, 0.29) is 6.61 Å². The van der Waals surface area contributed by atoms with E-state index in [1.54, 1.807) is 10.8 Å². The molecule has 3 aromatic heterocycles. The molecule has 0 atom stereocenters. The fraction of sp³-hybridized carbons (Fsp3) is 0.0857. The fourth-order valence-corrected chi connectivity index (χ4v) is 5.36. The van der Waals surface area contributed by atoms with E-state index in [2.05, 4.69) is 82.5 Å². The van der Waals surface area contributed by atoms with Crippen molar-refractivity contribution in [1.82, 2.24) is 24.1 Å². The third-order valence-electron chi connectivity index (χ3n) is 7.30. The highest BCUT2D eigenvalue weighted by Gasteiger charge is 2.25. The summed E-state index contributed by atoms with van der Waals surface area (Å²) in [6, 6.07) is 41.3. The maximum atomic E-state index is 5.69. The molecule has 0 amide bonds. The molecule has 7 rings (SSSR count). The van der Waals surface area contributed by atoms with Gasteiger partial charge in [0.05, 0.1) is 16.8 Å². The van der Waals surface area contributed by atoms with Gasteiger partial charge in [0.25, 0.3) is 0 Å². The second kappa shape index (κ2) is 11.1. The minimum atomic E-state index is 0.143. The first-order chi connectivity index (χ1) is 20.8. The Morgan fingerprint density at radius 3 is 2.05 bits per heavy atom. The Labute approximate surface area is 243 Å². The van der Waals surface area contributed by atoms with Gasteiger partial charge in [-0.15, -0.1) is 5.10 Å². The summed E-state index contributed by atoms with van der Waals surface area (Å²) >= 11 is 0. The molecule has 0 aliphatic rings. The second-order valence-electron chi connectivity index (χ2n) is 10.1. The van der Waals surface area contributed by atoms with Crippen LogP contribution in [0, 0.1) is 0 Å². The first-order valence-corrected chi connectivity index (χ1v) is 13.9. The Morgan fingerprint density at radius 1 is 0.738 bits per heavy atom. The zero-order chi connectivity index (χ0) is 28.3. The Morgan fingerprint density at radius 2 is 1.36 bits per heavy atom. The minimum Gasteiger partial charge on any atom is -0.387 e. The van der Waals surface area contributed by atoms with E-state index in [9.17, 15) is 0 Å². The molecule has 0 N–H and O–H groups in total. The average Bonchev–Trinajstić information content (AvgIpc) is 3.61. The Hall–Kier alpha value is -5.56. The largest absolute Gasteiger partial charge is 0.387 e. The van der Waals surface area contributed by atoms with Gasteiger partial charge in [0.2, 0.25) is 0 Å². The van der Waals surface area contributed by atoms with E-state index in [0.717, 1.165) is 50.3 Å². The van der Waals surface area contributed by atoms with Crippen LogP contribution < -0.4 is 0 Å². The number of benzene rings is 4. The number of hydrogen-bond donors (Lipinski definition) is 0. The lowest BCUT2D eigenvalue weighted by molar-refractivity contribution is 0.125. The smallest absolute Gasteiger partial charge is 0.192 e. The van der Waals surface area contributed by atoms with Crippen LogP contribution in [0.25, 0.3) is 39.1 Å². The molecule has 3 heterocycles. The van der Waals surface area contributed by atoms with Gasteiger partial charge in [0.15, 0.2) is 18.1 Å². The molecular formula is C35H28N6O. The van der Waals surface area contributed by atoms with Crippen molar-refractivity contribution < 1.29 is 4.84 Å². The molecule has 7 aromatic rings. The molecule has 0 aliphatic heterocycles. The molecule has 0 unspecified atom stereocenters. The molecule has 204 valence electrons. The summed E-state index contributed by atoms with van der Waals surface area (Å²) in [5, 5.41) is 9.95. The fourth-order valence-electron chi connectivity index (χ4n) is 5.36. The molecule has 42 heavy (non-hydrogen) atoms. The van der Waals surface area contributed by atoms with Crippen molar-refractivity contribution in [3.8, 4) is 22.4 Å². The zero-order valence-corrected chi connectivity index (χ0v) is 23.1.